The number of nitrogens with zero attached hydrogens (tertiary/aromatic N) is 6. The molecule has 0 bridgehead atoms. The molecule has 0 saturated carbocycles. The molecule has 3 aromatic rings. The average molecular weight is 928 g/mol. The fourth-order valence-electron chi connectivity index (χ4n) is 1.56. The average Bonchev–Trinajstić information content (AvgIpc) is 3.63. The number of aliphatic hydroxyl groups is 1. The van der Waals surface area contributed by atoms with Crippen LogP contribution >= 0.6 is 59.8 Å². The minimum absolute atomic E-state index is 0.0418. The summed E-state index contributed by atoms with van der Waals surface area (Å²) in [6.45, 7) is 7.55. The number of hydrogen-bond donors (Lipinski definition) is 1. The number of rotatable bonds is 3. The molecule has 3 aromatic heterocycles. The van der Waals surface area contributed by atoms with Gasteiger partial charge in [-0.25, -0.2) is 29.1 Å². The van der Waals surface area contributed by atoms with E-state index in [0.717, 1.165) is 12.8 Å². The number of aromatic nitrogens is 6. The van der Waals surface area contributed by atoms with E-state index in [1.165, 1.54) is 38.9 Å². The smallest absolute Gasteiger partial charge is 0.257 e. The van der Waals surface area contributed by atoms with E-state index in [-0.39, 0.29) is 24.3 Å². The maximum absolute atomic E-state index is 11.4. The van der Waals surface area contributed by atoms with Crippen LogP contribution in [0.25, 0.3) is 0 Å². The van der Waals surface area contributed by atoms with Crippen LogP contribution in [0.3, 0.4) is 0 Å². The Morgan fingerprint density at radius 2 is 1.32 bits per heavy atom. The summed E-state index contributed by atoms with van der Waals surface area (Å²) in [6.07, 6.45) is 14.8. The summed E-state index contributed by atoms with van der Waals surface area (Å²) in [6, 6.07) is -0.190. The Morgan fingerprint density at radius 1 is 0.971 bits per heavy atom. The van der Waals surface area contributed by atoms with Gasteiger partial charge in [0.25, 0.3) is 0 Å². The molecule has 0 saturated heterocycles. The third-order valence-electron chi connectivity index (χ3n) is 3.63. The molecule has 2 atom stereocenters. The van der Waals surface area contributed by atoms with Crippen molar-refractivity contribution in [3.8, 4) is 0 Å². The Hall–Kier alpha value is -0.350. The fourth-order valence-corrected chi connectivity index (χ4v) is 1.56. The summed E-state index contributed by atoms with van der Waals surface area (Å²) in [5.41, 5.74) is 0. The van der Waals surface area contributed by atoms with E-state index >= 15 is 0 Å². The molecule has 0 aliphatic heterocycles. The molecule has 2 unspecified atom stereocenters. The van der Waals surface area contributed by atoms with Crippen LogP contribution < -0.4 is 13.3 Å². The molecule has 10 nitrogen and oxygen atoms in total. The summed E-state index contributed by atoms with van der Waals surface area (Å²) >= 11 is 7.26. The minimum atomic E-state index is -0.373. The van der Waals surface area contributed by atoms with Crippen molar-refractivity contribution in [2.75, 3.05) is 4.91 Å². The maximum atomic E-state index is 11.4. The van der Waals surface area contributed by atoms with Gasteiger partial charge in [-0.1, -0.05) is 36.4 Å². The first-order valence-corrected chi connectivity index (χ1v) is 23.9. The SMILES string of the molecule is CCC(C)O.CCC(C)OC(=O)n1ccnc1.I[I-]I.O=C(n1ccnc1)n1ccnc1.[2H]CI. The molecule has 3 rings (SSSR count). The molecule has 194 valence electrons. The molecular weight excluding hydrogens is 896 g/mol. The van der Waals surface area contributed by atoms with Gasteiger partial charge in [0.15, 0.2) is 0 Å². The van der Waals surface area contributed by atoms with Crippen LogP contribution in [0, 0.1) is 0 Å². The molecule has 0 fully saturated rings. The zero-order valence-electron chi connectivity index (χ0n) is 20.3. The van der Waals surface area contributed by atoms with Crippen LogP contribution in [0.1, 0.15) is 41.9 Å². The molecule has 0 aliphatic carbocycles. The van der Waals surface area contributed by atoms with Gasteiger partial charge < -0.3 is 9.84 Å². The largest absolute Gasteiger partial charge is 0.338 e. The zero-order valence-corrected chi connectivity index (χ0v) is 28.0. The van der Waals surface area contributed by atoms with Crippen molar-refractivity contribution < 1.29 is 34.1 Å². The Kier molecular flexibility index (Phi) is 24.1. The van der Waals surface area contributed by atoms with Crippen molar-refractivity contribution in [1.29, 1.82) is 0 Å². The first kappa shape index (κ1) is 33.7. The van der Waals surface area contributed by atoms with Gasteiger partial charge in [0.2, 0.25) is 0 Å². The van der Waals surface area contributed by atoms with Gasteiger partial charge in [0.05, 0.1) is 6.10 Å². The number of carbonyl (C=O) groups is 2. The number of imidazole rings is 3. The summed E-state index contributed by atoms with van der Waals surface area (Å²) in [5, 5.41) is 8.36. The van der Waals surface area contributed by atoms with Crippen molar-refractivity contribution in [2.24, 2.45) is 0 Å². The third kappa shape index (κ3) is 18.0. The predicted octanol–water partition coefficient (Wildman–Crippen LogP) is 2.87. The van der Waals surface area contributed by atoms with Crippen LogP contribution in [0.5, 0.6) is 0 Å². The second-order valence-electron chi connectivity index (χ2n) is 6.11. The van der Waals surface area contributed by atoms with Gasteiger partial charge in [0, 0.05) is 38.6 Å². The van der Waals surface area contributed by atoms with Crippen molar-refractivity contribution in [3.05, 3.63) is 56.2 Å². The Bertz CT molecular complexity index is 815. The van der Waals surface area contributed by atoms with Gasteiger partial charge in [-0.05, 0) is 31.6 Å². The van der Waals surface area contributed by atoms with E-state index in [0.29, 0.717) is 18.2 Å². The molecule has 0 radical (unpaired) electrons. The monoisotopic (exact) mass is 928 g/mol. The van der Waals surface area contributed by atoms with Crippen molar-refractivity contribution in [1.82, 2.24) is 28.7 Å². The summed E-state index contributed by atoms with van der Waals surface area (Å²) in [5.74, 6) is 0. The number of carbonyl (C=O) groups excluding carboxylic acids is 2. The summed E-state index contributed by atoms with van der Waals surface area (Å²) in [7, 11) is 0. The molecule has 34 heavy (non-hydrogen) atoms. The number of alkyl halides is 1. The third-order valence-corrected chi connectivity index (χ3v) is 3.63. The van der Waals surface area contributed by atoms with Gasteiger partial charge >= 0.3 is 62.6 Å². The second kappa shape index (κ2) is 24.3. The normalized spacial score (nSPS) is 11.4. The Balaban J connectivity index is 0. The standard InChI is InChI=1S/C8H12N2O2.C7H6N4O.C4H10O.CH3I.I3/c1-3-7(2)12-8(11)10-5-4-9-6-10;12-7(10-3-1-8-5-10)11-4-2-9-6-11;1-3-4(2)5;1-2;1-3-2/h4-7H,3H2,1-2H3;1-6H;4-5H,3H2,1-2H3;1H3;/q;;;;-1/i;;;1D;. The van der Waals surface area contributed by atoms with Crippen LogP contribution in [0.15, 0.2) is 56.2 Å². The van der Waals surface area contributed by atoms with Gasteiger partial charge in [-0.3, -0.25) is 9.13 Å². The number of hydrogen-bond acceptors (Lipinski definition) is 7. The van der Waals surface area contributed by atoms with E-state index in [1.807, 2.05) is 43.4 Å². The first-order valence-electron chi connectivity index (χ1n) is 10.5. The topological polar surface area (TPSA) is 117 Å². The molecule has 1 N–H and O–H groups in total. The van der Waals surface area contributed by atoms with Gasteiger partial charge in [-0.15, -0.1) is 0 Å². The van der Waals surface area contributed by atoms with Crippen LogP contribution in [-0.4, -0.2) is 63.0 Å². The van der Waals surface area contributed by atoms with E-state index in [4.69, 9.17) is 11.2 Å². The van der Waals surface area contributed by atoms with Crippen molar-refractivity contribution >= 4 is 71.9 Å². The number of halogens is 4. The minimum Gasteiger partial charge on any atom is -0.257 e. The quantitative estimate of drug-likeness (QED) is 0.318. The van der Waals surface area contributed by atoms with E-state index < -0.39 is 0 Å². The van der Waals surface area contributed by atoms with Crippen LogP contribution in [-0.2, 0) is 4.74 Å². The molecule has 0 amide bonds. The maximum Gasteiger partial charge on any atom is 0.338 e. The molecule has 0 aromatic carbocycles. The van der Waals surface area contributed by atoms with Crippen LogP contribution in [0.2, 0.25) is 0 Å². The van der Waals surface area contributed by atoms with E-state index in [2.05, 4.69) is 52.2 Å². The predicted molar refractivity (Wildman–Crippen MR) is 154 cm³/mol. The molecular formula is C20H31I4N6O4-. The number of aliphatic hydroxyl groups excluding tert-OH is 1. The fraction of sp³-hybridized carbons (Fsp3) is 0.450. The van der Waals surface area contributed by atoms with E-state index in [1.54, 1.807) is 37.9 Å². The van der Waals surface area contributed by atoms with Crippen molar-refractivity contribution in [3.63, 3.8) is 0 Å². The molecule has 14 heteroatoms. The summed E-state index contributed by atoms with van der Waals surface area (Å²) in [4.78, 5) is 34.3. The summed E-state index contributed by atoms with van der Waals surface area (Å²) < 4.78 is 15.3. The Morgan fingerprint density at radius 3 is 1.59 bits per heavy atom. The Labute approximate surface area is 245 Å². The van der Waals surface area contributed by atoms with Gasteiger partial charge in [-0.2, -0.15) is 0 Å². The van der Waals surface area contributed by atoms with Gasteiger partial charge in [0.1, 0.15) is 25.1 Å². The number of ether oxygens (including phenoxy) is 1. The molecule has 0 aliphatic rings. The molecule has 0 spiro atoms. The second-order valence-corrected chi connectivity index (χ2v) is 22.4. The first-order chi connectivity index (χ1) is 16.7. The van der Waals surface area contributed by atoms with Crippen LogP contribution in [0.4, 0.5) is 9.59 Å². The molecule has 3 heterocycles. The van der Waals surface area contributed by atoms with Crippen molar-refractivity contribution in [2.45, 2.75) is 52.7 Å². The van der Waals surface area contributed by atoms with E-state index in [9.17, 15) is 9.59 Å². The zero-order chi connectivity index (χ0) is 27.1.